The minimum atomic E-state index is -0.979. The molecule has 246 valence electrons. The van der Waals surface area contributed by atoms with E-state index >= 15 is 0 Å². The molecule has 1 aliphatic heterocycles. The fourth-order valence-electron chi connectivity index (χ4n) is 6.47. The Labute approximate surface area is 271 Å². The highest BCUT2D eigenvalue weighted by Crippen LogP contribution is 2.36. The average Bonchev–Trinajstić information content (AvgIpc) is 3.43. The summed E-state index contributed by atoms with van der Waals surface area (Å²) in [5.41, 5.74) is 0.446. The van der Waals surface area contributed by atoms with Crippen LogP contribution in [-0.2, 0) is 36.8 Å². The maximum atomic E-state index is 12.5. The number of unbranched alkanes of at least 4 members (excludes halogenated alkanes) is 3. The zero-order valence-corrected chi connectivity index (χ0v) is 26.5. The van der Waals surface area contributed by atoms with Gasteiger partial charge in [-0.25, -0.2) is 4.79 Å². The number of carbonyl (C=O) groups is 2. The van der Waals surface area contributed by atoms with Gasteiger partial charge in [0.1, 0.15) is 24.7 Å². The van der Waals surface area contributed by atoms with E-state index in [1.54, 1.807) is 0 Å². The number of ether oxygens (including phenoxy) is 3. The Kier molecular flexibility index (Phi) is 10.1. The third-order valence-corrected chi connectivity index (χ3v) is 9.01. The van der Waals surface area contributed by atoms with Crippen molar-refractivity contribution in [1.82, 2.24) is 9.55 Å². The molecule has 0 amide bonds. The number of rotatable bonds is 15. The van der Waals surface area contributed by atoms with Crippen LogP contribution in [0.2, 0.25) is 0 Å². The van der Waals surface area contributed by atoms with Gasteiger partial charge in [0, 0.05) is 25.6 Å². The summed E-state index contributed by atoms with van der Waals surface area (Å²) in [6.07, 6.45) is 3.83. The van der Waals surface area contributed by atoms with Crippen LogP contribution in [0.1, 0.15) is 69.2 Å². The summed E-state index contributed by atoms with van der Waals surface area (Å²) in [7, 11) is 0. The van der Waals surface area contributed by atoms with Gasteiger partial charge < -0.3 is 24.1 Å². The van der Waals surface area contributed by atoms with Crippen molar-refractivity contribution in [3.63, 3.8) is 0 Å². The number of Topliss-reactive ketones (excluding diaryl/α,β-unsaturated/α-hetero) is 1. The van der Waals surface area contributed by atoms with E-state index in [9.17, 15) is 24.3 Å². The van der Waals surface area contributed by atoms with Gasteiger partial charge in [-0.2, -0.15) is 0 Å². The molecule has 1 aromatic heterocycles. The SMILES string of the molecule is CC(=O)CCC(=O)OC[C@H]1O[C@@H](n2cc(COCCCCCCc3ccc4ccc5cccc6ccc3c4c56)c(=O)[nH]c2=O)C[C@@H]1O. The van der Waals surface area contributed by atoms with Crippen molar-refractivity contribution in [3.05, 3.63) is 92.8 Å². The number of hydrogen-bond donors (Lipinski definition) is 2. The molecule has 0 aliphatic carbocycles. The number of aromatic amines is 1. The lowest BCUT2D eigenvalue weighted by Crippen LogP contribution is -2.34. The second-order valence-electron chi connectivity index (χ2n) is 12.4. The Morgan fingerprint density at radius 3 is 2.43 bits per heavy atom. The number of aromatic nitrogens is 2. The van der Waals surface area contributed by atoms with Crippen molar-refractivity contribution in [3.8, 4) is 0 Å². The number of aryl methyl sites for hydroxylation is 1. The summed E-state index contributed by atoms with van der Waals surface area (Å²) < 4.78 is 17.9. The standard InChI is InChI=1S/C37H40N2O8/c1-23(40)10-17-33(42)46-22-31-30(41)19-32(47-31)39-20-28(36(43)38-37(39)44)21-45-18-5-3-2-4-7-24-11-12-27-14-13-25-8-6-9-26-15-16-29(24)35(27)34(25)26/h6,8-9,11-16,20,30-32,41H,2-5,7,10,17-19,21-22H2,1H3,(H,38,43,44)/t30-,31+,32+/m0/s1. The molecule has 0 radical (unpaired) electrons. The Hall–Kier alpha value is -4.38. The lowest BCUT2D eigenvalue weighted by molar-refractivity contribution is -0.151. The van der Waals surface area contributed by atoms with E-state index in [-0.39, 0.29) is 43.8 Å². The van der Waals surface area contributed by atoms with Gasteiger partial charge in [0.25, 0.3) is 5.56 Å². The molecule has 0 bridgehead atoms. The van der Waals surface area contributed by atoms with Crippen LogP contribution in [0.25, 0.3) is 32.3 Å². The van der Waals surface area contributed by atoms with Gasteiger partial charge >= 0.3 is 11.7 Å². The van der Waals surface area contributed by atoms with Gasteiger partial charge in [-0.1, -0.05) is 67.4 Å². The molecule has 4 aromatic carbocycles. The lowest BCUT2D eigenvalue weighted by atomic mass is 9.90. The van der Waals surface area contributed by atoms with Crippen molar-refractivity contribution in [2.45, 2.75) is 83.3 Å². The molecule has 0 unspecified atom stereocenters. The molecule has 10 nitrogen and oxygen atoms in total. The van der Waals surface area contributed by atoms with Gasteiger partial charge in [-0.3, -0.25) is 19.1 Å². The van der Waals surface area contributed by atoms with Crippen LogP contribution >= 0.6 is 0 Å². The molecular formula is C37H40N2O8. The van der Waals surface area contributed by atoms with E-state index in [1.807, 2.05) is 0 Å². The first-order valence-electron chi connectivity index (χ1n) is 16.3. The van der Waals surface area contributed by atoms with Gasteiger partial charge in [0.2, 0.25) is 0 Å². The first-order chi connectivity index (χ1) is 22.8. The van der Waals surface area contributed by atoms with Crippen LogP contribution in [-0.4, -0.2) is 51.8 Å². The summed E-state index contributed by atoms with van der Waals surface area (Å²) in [5, 5.41) is 18.3. The normalized spacial score (nSPS) is 18.0. The van der Waals surface area contributed by atoms with E-state index in [0.717, 1.165) is 32.1 Å². The zero-order valence-electron chi connectivity index (χ0n) is 26.5. The third-order valence-electron chi connectivity index (χ3n) is 9.01. The number of hydrogen-bond acceptors (Lipinski definition) is 8. The molecule has 47 heavy (non-hydrogen) atoms. The quantitative estimate of drug-likeness (QED) is 0.0892. The van der Waals surface area contributed by atoms with Gasteiger partial charge in [0.05, 0.1) is 24.7 Å². The minimum Gasteiger partial charge on any atom is -0.463 e. The second-order valence-corrected chi connectivity index (χ2v) is 12.4. The number of H-pyrrole nitrogens is 1. The summed E-state index contributed by atoms with van der Waals surface area (Å²) in [6, 6.07) is 19.9. The molecule has 10 heteroatoms. The largest absolute Gasteiger partial charge is 0.463 e. The molecule has 1 fully saturated rings. The van der Waals surface area contributed by atoms with Gasteiger partial charge in [0.15, 0.2) is 0 Å². The molecule has 1 saturated heterocycles. The van der Waals surface area contributed by atoms with Crippen molar-refractivity contribution in [2.24, 2.45) is 0 Å². The number of nitrogens with one attached hydrogen (secondary N) is 1. The average molecular weight is 641 g/mol. The highest BCUT2D eigenvalue weighted by Gasteiger charge is 2.36. The fourth-order valence-corrected chi connectivity index (χ4v) is 6.47. The molecule has 3 atom stereocenters. The summed E-state index contributed by atoms with van der Waals surface area (Å²) >= 11 is 0. The Balaban J connectivity index is 0.953. The molecule has 6 rings (SSSR count). The van der Waals surface area contributed by atoms with Crippen LogP contribution in [0.4, 0.5) is 0 Å². The topological polar surface area (TPSA) is 137 Å². The molecule has 2 heterocycles. The van der Waals surface area contributed by atoms with Crippen LogP contribution in [0.5, 0.6) is 0 Å². The van der Waals surface area contributed by atoms with Crippen LogP contribution < -0.4 is 11.2 Å². The molecule has 1 aliphatic rings. The highest BCUT2D eigenvalue weighted by atomic mass is 16.6. The summed E-state index contributed by atoms with van der Waals surface area (Å²) in [5.74, 6) is -0.688. The molecule has 0 saturated carbocycles. The number of esters is 1. The number of aliphatic hydroxyl groups is 1. The maximum Gasteiger partial charge on any atom is 0.330 e. The smallest absolute Gasteiger partial charge is 0.330 e. The maximum absolute atomic E-state index is 12.5. The molecule has 2 N–H and O–H groups in total. The summed E-state index contributed by atoms with van der Waals surface area (Å²) in [6.45, 7) is 1.69. The van der Waals surface area contributed by atoms with Crippen molar-refractivity contribution < 1.29 is 28.9 Å². The predicted octanol–water partition coefficient (Wildman–Crippen LogP) is 5.31. The van der Waals surface area contributed by atoms with E-state index < -0.39 is 35.7 Å². The number of ketones is 1. The van der Waals surface area contributed by atoms with E-state index in [0.29, 0.717) is 6.61 Å². The Bertz CT molecular complexity index is 1980. The second kappa shape index (κ2) is 14.6. The Morgan fingerprint density at radius 2 is 1.64 bits per heavy atom. The van der Waals surface area contributed by atoms with E-state index in [4.69, 9.17) is 14.2 Å². The highest BCUT2D eigenvalue weighted by molar-refractivity contribution is 6.23. The zero-order chi connectivity index (χ0) is 32.9. The number of benzene rings is 4. The predicted molar refractivity (Wildman–Crippen MR) is 179 cm³/mol. The molecule has 5 aromatic rings. The van der Waals surface area contributed by atoms with Crippen molar-refractivity contribution >= 4 is 44.1 Å². The lowest BCUT2D eigenvalue weighted by Gasteiger charge is -2.17. The first-order valence-corrected chi connectivity index (χ1v) is 16.3. The number of aliphatic hydroxyl groups excluding tert-OH is 1. The van der Waals surface area contributed by atoms with Crippen molar-refractivity contribution in [1.29, 1.82) is 0 Å². The minimum absolute atomic E-state index is 0.0325. The van der Waals surface area contributed by atoms with Crippen LogP contribution in [0, 0.1) is 0 Å². The van der Waals surface area contributed by atoms with Crippen LogP contribution in [0.3, 0.4) is 0 Å². The molecular weight excluding hydrogens is 600 g/mol. The van der Waals surface area contributed by atoms with Crippen molar-refractivity contribution in [2.75, 3.05) is 13.2 Å². The first kappa shape index (κ1) is 32.6. The van der Waals surface area contributed by atoms with E-state index in [1.165, 1.54) is 55.6 Å². The Morgan fingerprint density at radius 1 is 0.915 bits per heavy atom. The van der Waals surface area contributed by atoms with Gasteiger partial charge in [-0.15, -0.1) is 0 Å². The number of carbonyl (C=O) groups excluding carboxylic acids is 2. The van der Waals surface area contributed by atoms with Gasteiger partial charge in [-0.05, 0) is 64.1 Å². The fraction of sp³-hybridized carbons (Fsp3) is 0.405. The van der Waals surface area contributed by atoms with E-state index in [2.05, 4.69) is 59.6 Å². The summed E-state index contributed by atoms with van der Waals surface area (Å²) in [4.78, 5) is 50.2. The molecule has 0 spiro atoms. The third kappa shape index (κ3) is 7.45. The van der Waals surface area contributed by atoms with Crippen LogP contribution in [0.15, 0.2) is 70.4 Å². The monoisotopic (exact) mass is 640 g/mol. The number of nitrogens with zero attached hydrogens (tertiary/aromatic N) is 1.